The highest BCUT2D eigenvalue weighted by atomic mass is 35.5. The van der Waals surface area contributed by atoms with Gasteiger partial charge in [0.15, 0.2) is 0 Å². The van der Waals surface area contributed by atoms with Gasteiger partial charge >= 0.3 is 0 Å². The minimum atomic E-state index is -0.172. The highest BCUT2D eigenvalue weighted by molar-refractivity contribution is 7.13. The normalized spacial score (nSPS) is 14.5. The fraction of sp³-hybridized carbons (Fsp3) is 0.278. The predicted octanol–water partition coefficient (Wildman–Crippen LogP) is 2.88. The summed E-state index contributed by atoms with van der Waals surface area (Å²) in [6.45, 7) is 0.502. The highest BCUT2D eigenvalue weighted by Gasteiger charge is 2.28. The number of hydrogen-bond donors (Lipinski definition) is 2. The molecule has 2 heterocycles. The Morgan fingerprint density at radius 3 is 2.85 bits per heavy atom. The standard InChI is InChI=1S/C18H19N5OS.ClH/c19-15(12-6-7-12)9-20-17(24)16-11-25-18(22-16)13-8-21-23(10-13)14-4-2-1-3-5-14;/h1-5,8,10-12,15H,6-7,9,19H2,(H,20,24);1H. The largest absolute Gasteiger partial charge is 0.349 e. The second-order valence-corrected chi connectivity index (χ2v) is 7.12. The molecule has 0 bridgehead atoms. The molecule has 0 saturated heterocycles. The van der Waals surface area contributed by atoms with Crippen molar-refractivity contribution in [2.45, 2.75) is 18.9 Å². The zero-order valence-electron chi connectivity index (χ0n) is 14.0. The van der Waals surface area contributed by atoms with E-state index < -0.39 is 0 Å². The number of aromatic nitrogens is 3. The van der Waals surface area contributed by atoms with Gasteiger partial charge in [-0.25, -0.2) is 9.67 Å². The van der Waals surface area contributed by atoms with E-state index >= 15 is 0 Å². The molecule has 3 N–H and O–H groups in total. The van der Waals surface area contributed by atoms with Gasteiger partial charge in [0.1, 0.15) is 10.7 Å². The van der Waals surface area contributed by atoms with Crippen LogP contribution in [0.15, 0.2) is 48.1 Å². The van der Waals surface area contributed by atoms with Crippen LogP contribution in [-0.4, -0.2) is 33.3 Å². The zero-order chi connectivity index (χ0) is 17.2. The Hall–Kier alpha value is -2.22. The Bertz CT molecular complexity index is 875. The number of nitrogens with one attached hydrogen (secondary N) is 1. The fourth-order valence-corrected chi connectivity index (χ4v) is 3.43. The number of hydrogen-bond acceptors (Lipinski definition) is 5. The molecule has 2 aromatic heterocycles. The number of benzene rings is 1. The summed E-state index contributed by atoms with van der Waals surface area (Å²) < 4.78 is 1.80. The van der Waals surface area contributed by atoms with Crippen LogP contribution in [0.1, 0.15) is 23.3 Å². The molecule has 1 fully saturated rings. The number of nitrogens with zero attached hydrogens (tertiary/aromatic N) is 3. The number of halogens is 1. The minimum Gasteiger partial charge on any atom is -0.349 e. The maximum Gasteiger partial charge on any atom is 0.270 e. The maximum atomic E-state index is 12.2. The Morgan fingerprint density at radius 1 is 1.35 bits per heavy atom. The number of rotatable bonds is 6. The first kappa shape index (κ1) is 18.6. The van der Waals surface area contributed by atoms with Crippen molar-refractivity contribution in [3.8, 4) is 16.3 Å². The van der Waals surface area contributed by atoms with Crippen LogP contribution in [0.2, 0.25) is 0 Å². The SMILES string of the molecule is Cl.NC(CNC(=O)c1csc(-c2cnn(-c3ccccc3)c2)n1)C1CC1. The molecule has 0 radical (unpaired) electrons. The second-order valence-electron chi connectivity index (χ2n) is 6.26. The molecule has 1 unspecified atom stereocenters. The van der Waals surface area contributed by atoms with Gasteiger partial charge in [0.2, 0.25) is 0 Å². The van der Waals surface area contributed by atoms with Crippen molar-refractivity contribution in [2.75, 3.05) is 6.54 Å². The fourth-order valence-electron chi connectivity index (χ4n) is 2.66. The molecular weight excluding hydrogens is 370 g/mol. The van der Waals surface area contributed by atoms with Crippen molar-refractivity contribution in [3.05, 3.63) is 53.8 Å². The Labute approximate surface area is 161 Å². The van der Waals surface area contributed by atoms with Crippen LogP contribution in [0, 0.1) is 5.92 Å². The molecule has 4 rings (SSSR count). The average Bonchev–Trinajstić information content (AvgIpc) is 3.18. The Kier molecular flexibility index (Phi) is 5.70. The van der Waals surface area contributed by atoms with Gasteiger partial charge in [-0.05, 0) is 30.9 Å². The molecule has 1 atom stereocenters. The van der Waals surface area contributed by atoms with E-state index in [1.165, 1.54) is 24.2 Å². The molecule has 26 heavy (non-hydrogen) atoms. The molecule has 8 heteroatoms. The predicted molar refractivity (Wildman–Crippen MR) is 105 cm³/mol. The third-order valence-electron chi connectivity index (χ3n) is 4.31. The van der Waals surface area contributed by atoms with E-state index in [9.17, 15) is 4.79 Å². The summed E-state index contributed by atoms with van der Waals surface area (Å²) in [4.78, 5) is 16.7. The van der Waals surface area contributed by atoms with Gasteiger partial charge in [-0.15, -0.1) is 23.7 Å². The summed E-state index contributed by atoms with van der Waals surface area (Å²) in [6, 6.07) is 9.92. The van der Waals surface area contributed by atoms with Gasteiger partial charge in [-0.1, -0.05) is 18.2 Å². The van der Waals surface area contributed by atoms with Crippen molar-refractivity contribution in [1.29, 1.82) is 0 Å². The van der Waals surface area contributed by atoms with Crippen LogP contribution < -0.4 is 11.1 Å². The van der Waals surface area contributed by atoms with Crippen molar-refractivity contribution < 1.29 is 4.79 Å². The van der Waals surface area contributed by atoms with E-state index in [0.29, 0.717) is 18.2 Å². The van der Waals surface area contributed by atoms with Gasteiger partial charge in [-0.2, -0.15) is 5.10 Å². The van der Waals surface area contributed by atoms with Gasteiger partial charge in [0.05, 0.1) is 11.9 Å². The number of amides is 1. The highest BCUT2D eigenvalue weighted by Crippen LogP contribution is 2.31. The maximum absolute atomic E-state index is 12.2. The molecular formula is C18H20ClN5OS. The molecule has 6 nitrogen and oxygen atoms in total. The number of nitrogens with two attached hydrogens (primary N) is 1. The first-order valence-corrected chi connectivity index (χ1v) is 9.18. The van der Waals surface area contributed by atoms with Crippen LogP contribution in [-0.2, 0) is 0 Å². The molecule has 3 aromatic rings. The van der Waals surface area contributed by atoms with Crippen molar-refractivity contribution in [3.63, 3.8) is 0 Å². The van der Waals surface area contributed by atoms with Crippen LogP contribution in [0.4, 0.5) is 0 Å². The van der Waals surface area contributed by atoms with E-state index in [0.717, 1.165) is 16.3 Å². The topological polar surface area (TPSA) is 85.8 Å². The molecule has 0 spiro atoms. The van der Waals surface area contributed by atoms with E-state index in [2.05, 4.69) is 15.4 Å². The molecule has 1 amide bonds. The van der Waals surface area contributed by atoms with Crippen molar-refractivity contribution >= 4 is 29.7 Å². The number of thiazole rings is 1. The summed E-state index contributed by atoms with van der Waals surface area (Å²) in [7, 11) is 0. The van der Waals surface area contributed by atoms with E-state index in [1.54, 1.807) is 16.3 Å². The van der Waals surface area contributed by atoms with Crippen LogP contribution in [0.5, 0.6) is 0 Å². The summed E-state index contributed by atoms with van der Waals surface area (Å²) in [6.07, 6.45) is 6.02. The summed E-state index contributed by atoms with van der Waals surface area (Å²) in [5, 5.41) is 9.79. The molecule has 136 valence electrons. The monoisotopic (exact) mass is 389 g/mol. The van der Waals surface area contributed by atoms with Gasteiger partial charge in [0, 0.05) is 29.7 Å². The van der Waals surface area contributed by atoms with Gasteiger partial charge < -0.3 is 11.1 Å². The molecule has 1 saturated carbocycles. The van der Waals surface area contributed by atoms with Crippen LogP contribution in [0.25, 0.3) is 16.3 Å². The molecule has 1 aliphatic carbocycles. The van der Waals surface area contributed by atoms with Crippen LogP contribution >= 0.6 is 23.7 Å². The lowest BCUT2D eigenvalue weighted by Crippen LogP contribution is -2.38. The van der Waals surface area contributed by atoms with Gasteiger partial charge in [0.25, 0.3) is 5.91 Å². The van der Waals surface area contributed by atoms with E-state index in [-0.39, 0.29) is 24.4 Å². The Balaban J connectivity index is 0.00000196. The van der Waals surface area contributed by atoms with Crippen LogP contribution in [0.3, 0.4) is 0 Å². The minimum absolute atomic E-state index is 0. The third-order valence-corrected chi connectivity index (χ3v) is 5.20. The van der Waals surface area contributed by atoms with Crippen molar-refractivity contribution in [2.24, 2.45) is 11.7 Å². The second kappa shape index (κ2) is 7.99. The lowest BCUT2D eigenvalue weighted by Gasteiger charge is -2.10. The number of carbonyl (C=O) groups excluding carboxylic acids is 1. The zero-order valence-corrected chi connectivity index (χ0v) is 15.7. The lowest BCUT2D eigenvalue weighted by molar-refractivity contribution is 0.0946. The first-order chi connectivity index (χ1) is 12.2. The third kappa shape index (κ3) is 4.12. The van der Waals surface area contributed by atoms with Crippen molar-refractivity contribution in [1.82, 2.24) is 20.1 Å². The smallest absolute Gasteiger partial charge is 0.270 e. The number of para-hydroxylation sites is 1. The number of carbonyl (C=O) groups is 1. The Morgan fingerprint density at radius 2 is 2.12 bits per heavy atom. The van der Waals surface area contributed by atoms with Gasteiger partial charge in [-0.3, -0.25) is 4.79 Å². The lowest BCUT2D eigenvalue weighted by atomic mass is 10.2. The molecule has 1 aromatic carbocycles. The summed E-state index contributed by atoms with van der Waals surface area (Å²) >= 11 is 1.44. The molecule has 0 aliphatic heterocycles. The van der Waals surface area contributed by atoms with E-state index in [1.807, 2.05) is 36.5 Å². The van der Waals surface area contributed by atoms with E-state index in [4.69, 9.17) is 5.73 Å². The summed E-state index contributed by atoms with van der Waals surface area (Å²) in [5.74, 6) is 0.393. The quantitative estimate of drug-likeness (QED) is 0.678. The first-order valence-electron chi connectivity index (χ1n) is 8.30. The average molecular weight is 390 g/mol. The molecule has 1 aliphatic rings. The summed E-state index contributed by atoms with van der Waals surface area (Å²) in [5.41, 5.74) is 8.32.